The molecule has 0 fully saturated rings. The SMILES string of the molecule is CN(C(=O)c1cc(Br)c[nH]1)C(c1ccccc1)c1ccccn1. The van der Waals surface area contributed by atoms with E-state index in [1.807, 2.05) is 48.5 Å². The molecule has 5 heteroatoms. The average molecular weight is 370 g/mol. The molecule has 0 aliphatic rings. The van der Waals surface area contributed by atoms with Crippen LogP contribution < -0.4 is 0 Å². The molecule has 4 nitrogen and oxygen atoms in total. The minimum Gasteiger partial charge on any atom is -0.356 e. The van der Waals surface area contributed by atoms with Crippen molar-refractivity contribution in [2.24, 2.45) is 0 Å². The van der Waals surface area contributed by atoms with Gasteiger partial charge in [-0.1, -0.05) is 36.4 Å². The first-order chi connectivity index (χ1) is 11.2. The largest absolute Gasteiger partial charge is 0.356 e. The highest BCUT2D eigenvalue weighted by Gasteiger charge is 2.26. The van der Waals surface area contributed by atoms with Gasteiger partial charge in [0.05, 0.1) is 11.7 Å². The van der Waals surface area contributed by atoms with Crippen molar-refractivity contribution in [3.8, 4) is 0 Å². The molecule has 116 valence electrons. The lowest BCUT2D eigenvalue weighted by Crippen LogP contribution is -2.32. The van der Waals surface area contributed by atoms with Gasteiger partial charge in [-0.05, 0) is 39.7 Å². The molecule has 2 heterocycles. The zero-order chi connectivity index (χ0) is 16.2. The summed E-state index contributed by atoms with van der Waals surface area (Å²) < 4.78 is 0.850. The van der Waals surface area contributed by atoms with Crippen LogP contribution in [0.2, 0.25) is 0 Å². The van der Waals surface area contributed by atoms with Crippen molar-refractivity contribution in [3.05, 3.63) is 88.4 Å². The van der Waals surface area contributed by atoms with E-state index in [2.05, 4.69) is 25.9 Å². The molecule has 1 atom stereocenters. The fourth-order valence-corrected chi connectivity index (χ4v) is 2.91. The molecule has 0 bridgehead atoms. The number of pyridine rings is 1. The van der Waals surface area contributed by atoms with Gasteiger partial charge in [-0.25, -0.2) is 0 Å². The van der Waals surface area contributed by atoms with Gasteiger partial charge >= 0.3 is 0 Å². The van der Waals surface area contributed by atoms with Crippen molar-refractivity contribution >= 4 is 21.8 Å². The van der Waals surface area contributed by atoms with Gasteiger partial charge in [0.25, 0.3) is 5.91 Å². The Morgan fingerprint density at radius 3 is 2.52 bits per heavy atom. The zero-order valence-corrected chi connectivity index (χ0v) is 14.2. The van der Waals surface area contributed by atoms with E-state index in [-0.39, 0.29) is 11.9 Å². The standard InChI is InChI=1S/C18H16BrN3O/c1-22(18(23)16-11-14(19)12-21-16)17(13-7-3-2-4-8-13)15-9-5-6-10-20-15/h2-12,17,21H,1H3. The maximum absolute atomic E-state index is 12.8. The van der Waals surface area contributed by atoms with Gasteiger partial charge in [0.1, 0.15) is 5.69 Å². The summed E-state index contributed by atoms with van der Waals surface area (Å²) in [6.07, 6.45) is 3.49. The third-order valence-corrected chi connectivity index (χ3v) is 4.13. The number of H-pyrrole nitrogens is 1. The van der Waals surface area contributed by atoms with Crippen LogP contribution in [0, 0.1) is 0 Å². The van der Waals surface area contributed by atoms with Gasteiger partial charge in [0.15, 0.2) is 0 Å². The number of hydrogen-bond donors (Lipinski definition) is 1. The van der Waals surface area contributed by atoms with Gasteiger partial charge in [0.2, 0.25) is 0 Å². The van der Waals surface area contributed by atoms with Crippen molar-refractivity contribution in [2.75, 3.05) is 7.05 Å². The predicted molar refractivity (Wildman–Crippen MR) is 93.1 cm³/mol. The molecule has 1 amide bonds. The fourth-order valence-electron chi connectivity index (χ4n) is 2.56. The molecule has 0 saturated carbocycles. The second-order valence-corrected chi connectivity index (χ2v) is 6.13. The molecule has 0 saturated heterocycles. The summed E-state index contributed by atoms with van der Waals surface area (Å²) in [5.41, 5.74) is 2.39. The Hall–Kier alpha value is -2.40. The van der Waals surface area contributed by atoms with Gasteiger partial charge < -0.3 is 9.88 Å². The minimum atomic E-state index is -0.244. The van der Waals surface area contributed by atoms with Gasteiger partial charge in [0, 0.05) is 23.9 Å². The van der Waals surface area contributed by atoms with Crippen LogP contribution in [-0.2, 0) is 0 Å². The number of benzene rings is 1. The van der Waals surface area contributed by atoms with E-state index in [4.69, 9.17) is 0 Å². The number of halogens is 1. The molecule has 2 aromatic heterocycles. The van der Waals surface area contributed by atoms with Crippen LogP contribution in [0.25, 0.3) is 0 Å². The number of carbonyl (C=O) groups is 1. The molecule has 0 aliphatic heterocycles. The number of hydrogen-bond acceptors (Lipinski definition) is 2. The normalized spacial score (nSPS) is 11.9. The molecule has 0 radical (unpaired) electrons. The van der Waals surface area contributed by atoms with Crippen LogP contribution in [0.1, 0.15) is 27.8 Å². The third kappa shape index (κ3) is 3.35. The van der Waals surface area contributed by atoms with E-state index in [0.29, 0.717) is 5.69 Å². The number of rotatable bonds is 4. The first kappa shape index (κ1) is 15.5. The molecule has 3 rings (SSSR count). The smallest absolute Gasteiger partial charge is 0.270 e. The van der Waals surface area contributed by atoms with Crippen LogP contribution >= 0.6 is 15.9 Å². The maximum atomic E-state index is 12.8. The van der Waals surface area contributed by atoms with E-state index >= 15 is 0 Å². The van der Waals surface area contributed by atoms with E-state index in [1.165, 1.54) is 0 Å². The summed E-state index contributed by atoms with van der Waals surface area (Å²) in [6, 6.07) is 17.2. The maximum Gasteiger partial charge on any atom is 0.270 e. The Bertz CT molecular complexity index is 747. The number of amides is 1. The van der Waals surface area contributed by atoms with Crippen LogP contribution in [0.4, 0.5) is 0 Å². The highest BCUT2D eigenvalue weighted by molar-refractivity contribution is 9.10. The Kier molecular flexibility index (Phi) is 4.57. The molecule has 0 spiro atoms. The lowest BCUT2D eigenvalue weighted by molar-refractivity contribution is 0.0747. The molecule has 0 aliphatic carbocycles. The van der Waals surface area contributed by atoms with Crippen molar-refractivity contribution in [1.29, 1.82) is 0 Å². The van der Waals surface area contributed by atoms with Crippen molar-refractivity contribution < 1.29 is 4.79 Å². The van der Waals surface area contributed by atoms with Crippen LogP contribution in [-0.4, -0.2) is 27.8 Å². The molecule has 1 aromatic carbocycles. The summed E-state index contributed by atoms with van der Waals surface area (Å²) >= 11 is 3.36. The fraction of sp³-hybridized carbons (Fsp3) is 0.111. The second-order valence-electron chi connectivity index (χ2n) is 5.22. The molecule has 1 N–H and O–H groups in total. The van der Waals surface area contributed by atoms with Gasteiger partial charge in [-0.2, -0.15) is 0 Å². The van der Waals surface area contributed by atoms with Crippen molar-refractivity contribution in [3.63, 3.8) is 0 Å². The third-order valence-electron chi connectivity index (χ3n) is 3.67. The highest BCUT2D eigenvalue weighted by Crippen LogP contribution is 2.27. The molecular formula is C18H16BrN3O. The number of aromatic nitrogens is 2. The zero-order valence-electron chi connectivity index (χ0n) is 12.6. The second kappa shape index (κ2) is 6.79. The number of carbonyl (C=O) groups excluding carboxylic acids is 1. The average Bonchev–Trinajstić information content (AvgIpc) is 3.03. The molecule has 1 unspecified atom stereocenters. The summed E-state index contributed by atoms with van der Waals surface area (Å²) in [4.78, 5) is 21.9. The molecule has 23 heavy (non-hydrogen) atoms. The predicted octanol–water partition coefficient (Wildman–Crippen LogP) is 4.03. The van der Waals surface area contributed by atoms with Gasteiger partial charge in [-0.15, -0.1) is 0 Å². The lowest BCUT2D eigenvalue weighted by Gasteiger charge is -2.28. The summed E-state index contributed by atoms with van der Waals surface area (Å²) in [5, 5.41) is 0. The van der Waals surface area contributed by atoms with E-state index < -0.39 is 0 Å². The topological polar surface area (TPSA) is 49.0 Å². The van der Waals surface area contributed by atoms with Crippen LogP contribution in [0.3, 0.4) is 0 Å². The van der Waals surface area contributed by atoms with Crippen molar-refractivity contribution in [1.82, 2.24) is 14.9 Å². The first-order valence-electron chi connectivity index (χ1n) is 7.24. The quantitative estimate of drug-likeness (QED) is 0.754. The van der Waals surface area contributed by atoms with E-state index in [9.17, 15) is 4.79 Å². The minimum absolute atomic E-state index is 0.0878. The Labute approximate surface area is 143 Å². The number of nitrogens with one attached hydrogen (secondary N) is 1. The lowest BCUT2D eigenvalue weighted by atomic mass is 10.0. The Balaban J connectivity index is 2.00. The summed E-state index contributed by atoms with van der Waals surface area (Å²) in [6.45, 7) is 0. The Morgan fingerprint density at radius 2 is 1.91 bits per heavy atom. The van der Waals surface area contributed by atoms with E-state index in [1.54, 1.807) is 30.4 Å². The van der Waals surface area contributed by atoms with Crippen molar-refractivity contribution in [2.45, 2.75) is 6.04 Å². The van der Waals surface area contributed by atoms with Crippen LogP contribution in [0.15, 0.2) is 71.5 Å². The summed E-state index contributed by atoms with van der Waals surface area (Å²) in [7, 11) is 1.80. The monoisotopic (exact) mass is 369 g/mol. The molecular weight excluding hydrogens is 354 g/mol. The summed E-state index contributed by atoms with van der Waals surface area (Å²) in [5.74, 6) is -0.0878. The van der Waals surface area contributed by atoms with E-state index in [0.717, 1.165) is 15.7 Å². The highest BCUT2D eigenvalue weighted by atomic mass is 79.9. The molecule has 3 aromatic rings. The number of aromatic amines is 1. The first-order valence-corrected chi connectivity index (χ1v) is 8.03. The Morgan fingerprint density at radius 1 is 1.17 bits per heavy atom. The van der Waals surface area contributed by atoms with Crippen LogP contribution in [0.5, 0.6) is 0 Å². The number of nitrogens with zero attached hydrogens (tertiary/aromatic N) is 2. The van der Waals surface area contributed by atoms with Gasteiger partial charge in [-0.3, -0.25) is 9.78 Å².